The van der Waals surface area contributed by atoms with Gasteiger partial charge in [0.25, 0.3) is 0 Å². The molecule has 0 unspecified atom stereocenters. The molecule has 0 bridgehead atoms. The molecule has 0 radical (unpaired) electrons. The van der Waals surface area contributed by atoms with Crippen LogP contribution in [-0.4, -0.2) is 16.3 Å². The minimum Gasteiger partial charge on any atom is -0.298 e. The van der Waals surface area contributed by atoms with Gasteiger partial charge < -0.3 is 0 Å². The summed E-state index contributed by atoms with van der Waals surface area (Å²) in [5.41, 5.74) is 2.38. The van der Waals surface area contributed by atoms with Gasteiger partial charge in [0.2, 0.25) is 0 Å². The van der Waals surface area contributed by atoms with Crippen molar-refractivity contribution in [3.63, 3.8) is 0 Å². The standard InChI is InChI=1S/C13H12N2O/c1-2-11-7-8-14-13(15-11)12-6-4-3-5-10(12)9-16/h3-9H,2H2,1H3. The lowest BCUT2D eigenvalue weighted by atomic mass is 10.1. The summed E-state index contributed by atoms with van der Waals surface area (Å²) in [6.07, 6.45) is 3.42. The summed E-state index contributed by atoms with van der Waals surface area (Å²) >= 11 is 0. The second-order valence-corrected chi connectivity index (χ2v) is 3.43. The zero-order chi connectivity index (χ0) is 11.4. The van der Waals surface area contributed by atoms with Gasteiger partial charge in [-0.3, -0.25) is 4.79 Å². The van der Waals surface area contributed by atoms with Gasteiger partial charge in [0.05, 0.1) is 0 Å². The summed E-state index contributed by atoms with van der Waals surface area (Å²) in [5.74, 6) is 0.613. The molecule has 0 N–H and O–H groups in total. The lowest BCUT2D eigenvalue weighted by molar-refractivity contribution is 0.112. The Kier molecular flexibility index (Phi) is 3.05. The zero-order valence-electron chi connectivity index (χ0n) is 9.05. The number of rotatable bonds is 3. The van der Waals surface area contributed by atoms with Crippen LogP contribution in [0.2, 0.25) is 0 Å². The average Bonchev–Trinajstić information content (AvgIpc) is 2.38. The van der Waals surface area contributed by atoms with Crippen molar-refractivity contribution in [1.29, 1.82) is 0 Å². The second-order valence-electron chi connectivity index (χ2n) is 3.43. The Bertz CT molecular complexity index is 509. The van der Waals surface area contributed by atoms with E-state index in [9.17, 15) is 4.79 Å². The Morgan fingerprint density at radius 2 is 2.06 bits per heavy atom. The Balaban J connectivity index is 2.53. The van der Waals surface area contributed by atoms with Crippen LogP contribution in [0.3, 0.4) is 0 Å². The molecule has 0 spiro atoms. The molecule has 0 saturated heterocycles. The van der Waals surface area contributed by atoms with E-state index in [1.807, 2.05) is 31.2 Å². The van der Waals surface area contributed by atoms with Crippen molar-refractivity contribution >= 4 is 6.29 Å². The van der Waals surface area contributed by atoms with E-state index in [4.69, 9.17) is 0 Å². The smallest absolute Gasteiger partial charge is 0.160 e. The van der Waals surface area contributed by atoms with Gasteiger partial charge in [-0.15, -0.1) is 0 Å². The first-order valence-electron chi connectivity index (χ1n) is 5.21. The van der Waals surface area contributed by atoms with Crippen molar-refractivity contribution in [2.75, 3.05) is 0 Å². The van der Waals surface area contributed by atoms with Gasteiger partial charge in [-0.25, -0.2) is 9.97 Å². The van der Waals surface area contributed by atoms with Crippen molar-refractivity contribution in [3.8, 4) is 11.4 Å². The van der Waals surface area contributed by atoms with Gasteiger partial charge in [-0.1, -0.05) is 31.2 Å². The Hall–Kier alpha value is -2.03. The van der Waals surface area contributed by atoms with Gasteiger partial charge in [0, 0.05) is 23.0 Å². The van der Waals surface area contributed by atoms with E-state index in [2.05, 4.69) is 9.97 Å². The maximum atomic E-state index is 10.9. The monoisotopic (exact) mass is 212 g/mol. The molecule has 0 aliphatic heterocycles. The van der Waals surface area contributed by atoms with Crippen molar-refractivity contribution in [3.05, 3.63) is 47.8 Å². The summed E-state index contributed by atoms with van der Waals surface area (Å²) in [5, 5.41) is 0. The molecule has 2 rings (SSSR count). The van der Waals surface area contributed by atoms with Crippen LogP contribution in [0.25, 0.3) is 11.4 Å². The zero-order valence-corrected chi connectivity index (χ0v) is 9.05. The summed E-state index contributed by atoms with van der Waals surface area (Å²) in [6, 6.07) is 9.22. The molecule has 1 heterocycles. The third kappa shape index (κ3) is 1.98. The summed E-state index contributed by atoms with van der Waals surface area (Å²) in [6.45, 7) is 2.04. The molecule has 3 nitrogen and oxygen atoms in total. The van der Waals surface area contributed by atoms with Crippen molar-refractivity contribution < 1.29 is 4.79 Å². The fourth-order valence-corrected chi connectivity index (χ4v) is 1.53. The number of carbonyl (C=O) groups excluding carboxylic acids is 1. The third-order valence-electron chi connectivity index (χ3n) is 2.40. The molecule has 0 aliphatic rings. The van der Waals surface area contributed by atoms with Crippen LogP contribution in [0.1, 0.15) is 23.0 Å². The summed E-state index contributed by atoms with van der Waals surface area (Å²) in [7, 11) is 0. The first-order chi connectivity index (χ1) is 7.85. The molecule has 16 heavy (non-hydrogen) atoms. The fourth-order valence-electron chi connectivity index (χ4n) is 1.53. The normalized spacial score (nSPS) is 10.1. The first-order valence-corrected chi connectivity index (χ1v) is 5.21. The highest BCUT2D eigenvalue weighted by Gasteiger charge is 2.06. The van der Waals surface area contributed by atoms with Crippen molar-refractivity contribution in [2.24, 2.45) is 0 Å². The minimum atomic E-state index is 0.613. The molecular weight excluding hydrogens is 200 g/mol. The highest BCUT2D eigenvalue weighted by molar-refractivity contribution is 5.85. The van der Waals surface area contributed by atoms with E-state index in [0.29, 0.717) is 11.4 Å². The van der Waals surface area contributed by atoms with Crippen LogP contribution >= 0.6 is 0 Å². The number of aldehydes is 1. The van der Waals surface area contributed by atoms with Crippen LogP contribution < -0.4 is 0 Å². The number of nitrogens with zero attached hydrogens (tertiary/aromatic N) is 2. The van der Waals surface area contributed by atoms with Crippen molar-refractivity contribution in [2.45, 2.75) is 13.3 Å². The average molecular weight is 212 g/mol. The SMILES string of the molecule is CCc1ccnc(-c2ccccc2C=O)n1. The van der Waals surface area contributed by atoms with E-state index in [1.54, 1.807) is 12.3 Å². The predicted molar refractivity (Wildman–Crippen MR) is 62.2 cm³/mol. The maximum absolute atomic E-state index is 10.9. The highest BCUT2D eigenvalue weighted by Crippen LogP contribution is 2.18. The largest absolute Gasteiger partial charge is 0.298 e. The molecule has 1 aromatic carbocycles. The highest BCUT2D eigenvalue weighted by atomic mass is 16.1. The van der Waals surface area contributed by atoms with Crippen LogP contribution in [-0.2, 0) is 6.42 Å². The van der Waals surface area contributed by atoms with E-state index >= 15 is 0 Å². The number of carbonyl (C=O) groups is 1. The topological polar surface area (TPSA) is 42.9 Å². The minimum absolute atomic E-state index is 0.613. The number of aryl methyl sites for hydroxylation is 1. The van der Waals surface area contributed by atoms with Crippen LogP contribution in [0, 0.1) is 0 Å². The van der Waals surface area contributed by atoms with Gasteiger partial charge >= 0.3 is 0 Å². The molecule has 0 saturated carbocycles. The molecular formula is C13H12N2O. The fraction of sp³-hybridized carbons (Fsp3) is 0.154. The number of hydrogen-bond donors (Lipinski definition) is 0. The first kappa shape index (κ1) is 10.5. The molecule has 0 fully saturated rings. The van der Waals surface area contributed by atoms with Gasteiger partial charge in [0.15, 0.2) is 12.1 Å². The van der Waals surface area contributed by atoms with Gasteiger partial charge in [-0.05, 0) is 12.5 Å². The van der Waals surface area contributed by atoms with E-state index in [0.717, 1.165) is 24.0 Å². The summed E-state index contributed by atoms with van der Waals surface area (Å²) < 4.78 is 0. The van der Waals surface area contributed by atoms with Crippen LogP contribution in [0.5, 0.6) is 0 Å². The second kappa shape index (κ2) is 4.66. The summed E-state index contributed by atoms with van der Waals surface area (Å²) in [4.78, 5) is 19.5. The molecule has 3 heteroatoms. The Morgan fingerprint density at radius 3 is 2.81 bits per heavy atom. The molecule has 2 aromatic rings. The lowest BCUT2D eigenvalue weighted by Crippen LogP contribution is -1.96. The van der Waals surface area contributed by atoms with E-state index in [1.165, 1.54) is 0 Å². The number of benzene rings is 1. The van der Waals surface area contributed by atoms with E-state index in [-0.39, 0.29) is 0 Å². The third-order valence-corrected chi connectivity index (χ3v) is 2.40. The molecule has 0 amide bonds. The molecule has 0 aliphatic carbocycles. The quantitative estimate of drug-likeness (QED) is 0.734. The molecule has 1 aromatic heterocycles. The number of hydrogen-bond acceptors (Lipinski definition) is 3. The Morgan fingerprint density at radius 1 is 1.25 bits per heavy atom. The van der Waals surface area contributed by atoms with Crippen LogP contribution in [0.4, 0.5) is 0 Å². The number of aromatic nitrogens is 2. The van der Waals surface area contributed by atoms with Gasteiger partial charge in [0.1, 0.15) is 0 Å². The van der Waals surface area contributed by atoms with E-state index < -0.39 is 0 Å². The molecule has 0 atom stereocenters. The Labute approximate surface area is 94.2 Å². The molecule has 80 valence electrons. The van der Waals surface area contributed by atoms with Crippen molar-refractivity contribution in [1.82, 2.24) is 9.97 Å². The van der Waals surface area contributed by atoms with Crippen LogP contribution in [0.15, 0.2) is 36.5 Å². The van der Waals surface area contributed by atoms with Gasteiger partial charge in [-0.2, -0.15) is 0 Å². The lowest BCUT2D eigenvalue weighted by Gasteiger charge is -2.04. The predicted octanol–water partition coefficient (Wildman–Crippen LogP) is 2.52. The maximum Gasteiger partial charge on any atom is 0.160 e.